The first-order valence-electron chi connectivity index (χ1n) is 44.1. The number of amides is 4. The summed E-state index contributed by atoms with van der Waals surface area (Å²) in [4.78, 5) is 133. The number of piperidine rings is 1. The number of aromatic amines is 3. The van der Waals surface area contributed by atoms with E-state index in [2.05, 4.69) is 147 Å². The molecule has 18 aromatic heterocycles. The smallest absolute Gasteiger partial charge is 0.370 e. The van der Waals surface area contributed by atoms with Crippen molar-refractivity contribution in [1.29, 1.82) is 0 Å². The number of imidazole rings is 5. The van der Waals surface area contributed by atoms with Gasteiger partial charge >= 0.3 is 12.2 Å². The Hall–Kier alpha value is -17.4. The van der Waals surface area contributed by atoms with Gasteiger partial charge in [-0.3, -0.25) is 56.9 Å². The second-order valence-corrected chi connectivity index (χ2v) is 32.4. The highest BCUT2D eigenvalue weighted by atomic mass is 19.4. The summed E-state index contributed by atoms with van der Waals surface area (Å²) in [6.45, 7) is 16.0. The van der Waals surface area contributed by atoms with E-state index in [0.29, 0.717) is 141 Å². The Labute approximate surface area is 789 Å². The molecule has 0 saturated carbocycles. The number of hydrogen-bond donors (Lipinski definition) is 6. The Morgan fingerprint density at radius 1 is 0.471 bits per heavy atom. The van der Waals surface area contributed by atoms with Crippen LogP contribution in [0.2, 0.25) is 0 Å². The van der Waals surface area contributed by atoms with Crippen molar-refractivity contribution >= 4 is 81.4 Å². The molecule has 0 aromatic carbocycles. The molecule has 0 spiro atoms. The zero-order chi connectivity index (χ0) is 96.3. The van der Waals surface area contributed by atoms with E-state index < -0.39 is 30.2 Å². The zero-order valence-electron chi connectivity index (χ0n) is 74.6. The van der Waals surface area contributed by atoms with Gasteiger partial charge < -0.3 is 60.4 Å². The fourth-order valence-corrected chi connectivity index (χ4v) is 16.4. The number of carbonyl (C=O) groups excluding carboxylic acids is 3. The van der Waals surface area contributed by atoms with Crippen LogP contribution in [0.5, 0.6) is 0 Å². The van der Waals surface area contributed by atoms with Crippen molar-refractivity contribution in [3.05, 3.63) is 244 Å². The Morgan fingerprint density at radius 2 is 0.929 bits per heavy atom. The molecule has 5 fully saturated rings. The standard InChI is InChI=1S/C18H15F3N8O.C18H20F2N8O.C18H17N9O2.C18H19N7O.C17H16N8O/c19-18(20,21)15-10-29-13(7-24-16(29)8-23-15)12-1-2-22-17(27-12)28-3-4-30-14(9-28)11-5-25-26-6-11;19-16(20)12-10-28-13(7-24-15(28)8-23-12)17-22-4-3-14(26-17)27-5-1-2-11(9-27)6-25-18(21)29;19-17(28)12-9-27-13(7-22-16(27)8-21-12)18-20-2-1-15(25-18)26-3-4-29-14(10-26)11-5-23-24-6-11;1-3-14-12-25-15(10-21-17(25)11-20-14)18-19-5-4-16(22-18)24-8-6-23(7-9-24)13(2)26;1-2-19-17(13-9-20-16-10-18-3-4-25(13)16)23-15(1)24-5-6-26-14(11-24)12-7-21-22-8-12/h1-2,5-8,10,14H,3-4,9H2,(H,25,26);3-4,7-8,10-11,16H,1-2,5-6,9H2,(H3,21,25,29);1-2,5-9,14H,3-4,10H2,(H2,19,28)(H,23,24);3-5,10-12H,1,6-9H2,2H3;1-4,7-10,14H,5-6,11H2,(H,21,22). The molecule has 4 unspecified atom stereocenters. The third-order valence-electron chi connectivity index (χ3n) is 23.6. The number of nitrogens with zero attached hydrogens (tertiary/aromatic N) is 34. The highest BCUT2D eigenvalue weighted by molar-refractivity contribution is 5.90. The minimum Gasteiger partial charge on any atom is -0.370 e. The normalized spacial score (nSPS) is 16.8. The van der Waals surface area contributed by atoms with Gasteiger partial charge in [0, 0.05) is 189 Å². The summed E-state index contributed by atoms with van der Waals surface area (Å²) in [6, 6.07) is 8.59. The Kier molecular flexibility index (Phi) is 26.9. The van der Waals surface area contributed by atoms with Gasteiger partial charge in [-0.05, 0) is 55.2 Å². The summed E-state index contributed by atoms with van der Waals surface area (Å²) in [5, 5.41) is 23.0. The fourth-order valence-electron chi connectivity index (χ4n) is 16.4. The maximum atomic E-state index is 13.1. The number of alkyl halides is 5. The predicted octanol–water partition coefficient (Wildman–Crippen LogP) is 8.09. The molecule has 23 rings (SSSR count). The topological polar surface area (TPSA) is 528 Å². The number of anilines is 5. The van der Waals surface area contributed by atoms with E-state index in [1.54, 1.807) is 129 Å². The van der Waals surface area contributed by atoms with Crippen LogP contribution in [0.15, 0.2) is 204 Å². The number of carbonyl (C=O) groups is 3. The number of urea groups is 1. The van der Waals surface area contributed by atoms with Crippen molar-refractivity contribution < 1.29 is 50.5 Å². The van der Waals surface area contributed by atoms with Crippen molar-refractivity contribution in [2.24, 2.45) is 17.4 Å². The summed E-state index contributed by atoms with van der Waals surface area (Å²) in [5.41, 5.74) is 19.5. The molecule has 8 N–H and O–H groups in total. The highest BCUT2D eigenvalue weighted by Gasteiger charge is 2.35. The number of ether oxygens (including phenoxy) is 3. The second-order valence-electron chi connectivity index (χ2n) is 32.4. The molecule has 0 aliphatic carbocycles. The fraction of sp³-hybridized carbons (Fsp3) is 0.281. The van der Waals surface area contributed by atoms with Gasteiger partial charge in [0.2, 0.25) is 11.9 Å². The summed E-state index contributed by atoms with van der Waals surface area (Å²) in [7, 11) is 0. The number of H-pyrrole nitrogens is 3. The van der Waals surface area contributed by atoms with E-state index in [0.717, 1.165) is 126 Å². The molecular weight excluding hydrogens is 1820 g/mol. The number of hydrogen-bond acceptors (Lipinski definition) is 34. The maximum absolute atomic E-state index is 13.1. The molecule has 23 heterocycles. The van der Waals surface area contributed by atoms with Crippen molar-refractivity contribution in [3.63, 3.8) is 0 Å². The molecule has 714 valence electrons. The number of fused-ring (bicyclic) bond motifs is 5. The van der Waals surface area contributed by atoms with Crippen molar-refractivity contribution in [1.82, 2.24) is 162 Å². The summed E-state index contributed by atoms with van der Waals surface area (Å²) < 4.78 is 91.2. The van der Waals surface area contributed by atoms with E-state index in [9.17, 15) is 36.3 Å². The number of aromatic nitrogens is 31. The lowest BCUT2D eigenvalue weighted by atomic mass is 9.98. The van der Waals surface area contributed by atoms with Crippen molar-refractivity contribution in [3.8, 4) is 57.5 Å². The van der Waals surface area contributed by atoms with Crippen molar-refractivity contribution in [2.75, 3.05) is 129 Å². The molecule has 4 amide bonds. The second kappa shape index (κ2) is 41.0. The molecule has 140 heavy (non-hydrogen) atoms. The van der Waals surface area contributed by atoms with E-state index in [1.807, 2.05) is 67.7 Å². The summed E-state index contributed by atoms with van der Waals surface area (Å²) >= 11 is 0. The lowest BCUT2D eigenvalue weighted by Crippen LogP contribution is -2.48. The average molecular weight is 1910 g/mol. The minimum atomic E-state index is -4.55. The Balaban J connectivity index is 0.000000112. The average Bonchev–Trinajstić information content (AvgIpc) is 1.61. The van der Waals surface area contributed by atoms with Crippen LogP contribution in [0.1, 0.15) is 88.8 Å². The van der Waals surface area contributed by atoms with Crippen LogP contribution < -0.4 is 41.3 Å². The van der Waals surface area contributed by atoms with Gasteiger partial charge in [0.1, 0.15) is 75.7 Å². The predicted molar refractivity (Wildman–Crippen MR) is 494 cm³/mol. The number of nitrogens with two attached hydrogens (primary N) is 2. The monoisotopic (exact) mass is 1910 g/mol. The molecule has 0 radical (unpaired) electrons. The SMILES string of the molecule is C=Cc1cn2c(-c3nccc(N4CCN(C(C)=O)CC4)n3)cnc2cn1.FC(F)(F)c1cn2c(-c3ccnc(N4CCOC(c5cn[nH]c5)C4)n3)cnc2cn1.NC(=O)NCC1CCCN(c2ccnc(-c3cnc4cnc(C(F)F)cn34)n2)C1.NC(=O)c1cn2c(-c3nccc(N4CCOC(c5cn[nH]c5)C4)n3)cnc2cn1.c1cn2c(-c3nccc(N4CCOC(c5cn[nH]c5)C4)n3)cnc2cn1. The first-order valence-corrected chi connectivity index (χ1v) is 44.1. The van der Waals surface area contributed by atoms with Gasteiger partial charge in [0.15, 0.2) is 57.2 Å². The molecule has 46 nitrogen and oxygen atoms in total. The first-order chi connectivity index (χ1) is 68.2. The Morgan fingerprint density at radius 3 is 1.43 bits per heavy atom. The van der Waals surface area contributed by atoms with E-state index in [1.165, 1.54) is 33.6 Å². The minimum absolute atomic E-state index is 0.0252. The van der Waals surface area contributed by atoms with Gasteiger partial charge in [0.05, 0.1) is 124 Å². The van der Waals surface area contributed by atoms with E-state index >= 15 is 0 Å². The van der Waals surface area contributed by atoms with Gasteiger partial charge in [-0.15, -0.1) is 0 Å². The number of primary amides is 2. The number of piperazine rings is 1. The number of halogens is 5. The molecule has 51 heteroatoms. The zero-order valence-corrected chi connectivity index (χ0v) is 74.6. The van der Waals surface area contributed by atoms with Crippen LogP contribution in [0, 0.1) is 5.92 Å². The maximum Gasteiger partial charge on any atom is 0.434 e. The number of rotatable bonds is 18. The van der Waals surface area contributed by atoms with Crippen LogP contribution in [0.3, 0.4) is 0 Å². The van der Waals surface area contributed by atoms with Crippen LogP contribution in [0.25, 0.3) is 91.8 Å². The van der Waals surface area contributed by atoms with Crippen molar-refractivity contribution in [2.45, 2.75) is 50.7 Å². The van der Waals surface area contributed by atoms with Crippen LogP contribution in [0.4, 0.5) is 56.0 Å². The summed E-state index contributed by atoms with van der Waals surface area (Å²) in [6.07, 6.45) is 39.9. The van der Waals surface area contributed by atoms with Gasteiger partial charge in [-0.25, -0.2) is 103 Å². The molecule has 18 aromatic rings. The van der Waals surface area contributed by atoms with Gasteiger partial charge in [-0.2, -0.15) is 28.5 Å². The van der Waals surface area contributed by atoms with Crippen LogP contribution in [-0.4, -0.2) is 280 Å². The van der Waals surface area contributed by atoms with Crippen LogP contribution in [-0.2, 0) is 25.2 Å². The first kappa shape index (κ1) is 91.7. The molecule has 0 bridgehead atoms. The lowest BCUT2D eigenvalue weighted by molar-refractivity contribution is -0.141. The van der Waals surface area contributed by atoms with Gasteiger partial charge in [0.25, 0.3) is 12.3 Å². The highest BCUT2D eigenvalue weighted by Crippen LogP contribution is 2.35. The summed E-state index contributed by atoms with van der Waals surface area (Å²) in [5.74, 6) is 5.59. The number of morpholine rings is 3. The molecule has 5 aliphatic heterocycles. The molecule has 4 atom stereocenters. The number of nitrogens with one attached hydrogen (secondary N) is 4. The largest absolute Gasteiger partial charge is 0.434 e. The molecule has 5 aliphatic rings. The van der Waals surface area contributed by atoms with E-state index in [-0.39, 0.29) is 41.5 Å². The molecule has 5 saturated heterocycles. The van der Waals surface area contributed by atoms with Crippen LogP contribution >= 0.6 is 0 Å². The third-order valence-corrected chi connectivity index (χ3v) is 23.6. The quantitative estimate of drug-likeness (QED) is 0.0442. The van der Waals surface area contributed by atoms with Gasteiger partial charge in [-0.1, -0.05) is 6.58 Å². The van der Waals surface area contributed by atoms with E-state index in [4.69, 9.17) is 40.6 Å². The third kappa shape index (κ3) is 20.7. The lowest BCUT2D eigenvalue weighted by Gasteiger charge is -2.34. The Bertz CT molecular complexity index is 7380. The molecular formula is C89H87F5N40O6.